The van der Waals surface area contributed by atoms with Crippen molar-refractivity contribution in [2.75, 3.05) is 0 Å². The predicted octanol–water partition coefficient (Wildman–Crippen LogP) is 4.28. The molecule has 3 aromatic rings. The van der Waals surface area contributed by atoms with Gasteiger partial charge in [-0.2, -0.15) is 0 Å². The molecule has 2 aromatic carbocycles. The normalized spacial score (nSPS) is 11.5. The molecule has 3 N–H and O–H groups in total. The van der Waals surface area contributed by atoms with E-state index in [-0.39, 0.29) is 11.2 Å². The van der Waals surface area contributed by atoms with Crippen molar-refractivity contribution in [2.45, 2.75) is 26.2 Å². The third-order valence-electron chi connectivity index (χ3n) is 3.99. The largest absolute Gasteiger partial charge is 0.366 e. The quantitative estimate of drug-likeness (QED) is 0.749. The van der Waals surface area contributed by atoms with E-state index in [0.717, 1.165) is 28.3 Å². The number of rotatable bonds is 3. The Balaban J connectivity index is 2.15. The SMILES string of the molecule is CC(C)(C)c1nc(-c2ccc(C(N)=O)cc2)c(-c2ccc(F)cc2)[nH]1. The first-order valence-corrected chi connectivity index (χ1v) is 8.02. The molecule has 0 fully saturated rings. The van der Waals surface area contributed by atoms with Crippen LogP contribution in [0.1, 0.15) is 37.0 Å². The van der Waals surface area contributed by atoms with E-state index in [9.17, 15) is 9.18 Å². The van der Waals surface area contributed by atoms with Crippen LogP contribution in [0.3, 0.4) is 0 Å². The van der Waals surface area contributed by atoms with Crippen molar-refractivity contribution in [1.82, 2.24) is 9.97 Å². The van der Waals surface area contributed by atoms with Crippen molar-refractivity contribution in [3.05, 3.63) is 65.7 Å². The lowest BCUT2D eigenvalue weighted by Gasteiger charge is -2.14. The molecule has 0 spiro atoms. The fourth-order valence-electron chi connectivity index (χ4n) is 2.56. The van der Waals surface area contributed by atoms with Crippen LogP contribution in [-0.2, 0) is 5.41 Å². The number of aromatic nitrogens is 2. The molecule has 0 aliphatic heterocycles. The number of primary amides is 1. The molecule has 0 aliphatic carbocycles. The predicted molar refractivity (Wildman–Crippen MR) is 96.6 cm³/mol. The maximum atomic E-state index is 13.3. The molecule has 4 nitrogen and oxygen atoms in total. The van der Waals surface area contributed by atoms with Crippen LogP contribution in [0.2, 0.25) is 0 Å². The van der Waals surface area contributed by atoms with Gasteiger partial charge in [0.1, 0.15) is 11.6 Å². The van der Waals surface area contributed by atoms with Crippen molar-refractivity contribution >= 4 is 5.91 Å². The number of aromatic amines is 1. The average molecular weight is 337 g/mol. The minimum Gasteiger partial charge on any atom is -0.366 e. The van der Waals surface area contributed by atoms with E-state index in [1.54, 1.807) is 24.3 Å². The van der Waals surface area contributed by atoms with E-state index >= 15 is 0 Å². The van der Waals surface area contributed by atoms with Crippen molar-refractivity contribution in [3.63, 3.8) is 0 Å². The molecule has 0 radical (unpaired) electrons. The second-order valence-electron chi connectivity index (χ2n) is 7.01. The molecule has 0 saturated heterocycles. The van der Waals surface area contributed by atoms with Gasteiger partial charge in [0.25, 0.3) is 0 Å². The van der Waals surface area contributed by atoms with E-state index < -0.39 is 5.91 Å². The summed E-state index contributed by atoms with van der Waals surface area (Å²) in [7, 11) is 0. The number of hydrogen-bond acceptors (Lipinski definition) is 2. The zero-order valence-electron chi connectivity index (χ0n) is 14.4. The summed E-state index contributed by atoms with van der Waals surface area (Å²) >= 11 is 0. The van der Waals surface area contributed by atoms with Crippen molar-refractivity contribution in [1.29, 1.82) is 0 Å². The molecule has 0 unspecified atom stereocenters. The summed E-state index contributed by atoms with van der Waals surface area (Å²) in [5.41, 5.74) is 8.86. The number of hydrogen-bond donors (Lipinski definition) is 2. The van der Waals surface area contributed by atoms with Gasteiger partial charge < -0.3 is 10.7 Å². The highest BCUT2D eigenvalue weighted by Gasteiger charge is 2.22. The highest BCUT2D eigenvalue weighted by molar-refractivity contribution is 5.93. The fourth-order valence-corrected chi connectivity index (χ4v) is 2.56. The van der Waals surface area contributed by atoms with Crippen LogP contribution in [-0.4, -0.2) is 15.9 Å². The molecule has 0 aliphatic rings. The molecular formula is C20H20FN3O. The number of nitrogens with one attached hydrogen (secondary N) is 1. The Morgan fingerprint density at radius 2 is 1.56 bits per heavy atom. The molecule has 0 saturated carbocycles. The second-order valence-corrected chi connectivity index (χ2v) is 7.01. The molecule has 1 amide bonds. The van der Waals surface area contributed by atoms with Crippen LogP contribution in [0, 0.1) is 5.82 Å². The van der Waals surface area contributed by atoms with Gasteiger partial charge in [0, 0.05) is 22.1 Å². The summed E-state index contributed by atoms with van der Waals surface area (Å²) < 4.78 is 13.3. The summed E-state index contributed by atoms with van der Waals surface area (Å²) in [6.07, 6.45) is 0. The van der Waals surface area contributed by atoms with Gasteiger partial charge in [-0.25, -0.2) is 9.37 Å². The van der Waals surface area contributed by atoms with Crippen molar-refractivity contribution in [2.24, 2.45) is 5.73 Å². The van der Waals surface area contributed by atoms with Gasteiger partial charge >= 0.3 is 0 Å². The number of carbonyl (C=O) groups is 1. The van der Waals surface area contributed by atoms with Gasteiger partial charge in [-0.15, -0.1) is 0 Å². The highest BCUT2D eigenvalue weighted by Crippen LogP contribution is 2.33. The Morgan fingerprint density at radius 1 is 1.00 bits per heavy atom. The van der Waals surface area contributed by atoms with Gasteiger partial charge in [-0.05, 0) is 36.4 Å². The van der Waals surface area contributed by atoms with Gasteiger partial charge in [-0.1, -0.05) is 32.9 Å². The van der Waals surface area contributed by atoms with Crippen LogP contribution in [0.4, 0.5) is 4.39 Å². The molecule has 25 heavy (non-hydrogen) atoms. The molecule has 1 aromatic heterocycles. The lowest BCUT2D eigenvalue weighted by Crippen LogP contribution is -2.13. The molecule has 5 heteroatoms. The lowest BCUT2D eigenvalue weighted by atomic mass is 9.96. The summed E-state index contributed by atoms with van der Waals surface area (Å²) in [4.78, 5) is 19.4. The molecule has 1 heterocycles. The zero-order chi connectivity index (χ0) is 18.2. The number of nitrogens with zero attached hydrogens (tertiary/aromatic N) is 1. The molecule has 3 rings (SSSR count). The van der Waals surface area contributed by atoms with Crippen LogP contribution in [0.5, 0.6) is 0 Å². The van der Waals surface area contributed by atoms with Crippen LogP contribution in [0.25, 0.3) is 22.5 Å². The third-order valence-corrected chi connectivity index (χ3v) is 3.99. The Bertz CT molecular complexity index is 904. The first-order valence-electron chi connectivity index (χ1n) is 8.02. The number of imidazole rings is 1. The summed E-state index contributed by atoms with van der Waals surface area (Å²) in [5.74, 6) is 0.0789. The number of carbonyl (C=O) groups excluding carboxylic acids is 1. The summed E-state index contributed by atoms with van der Waals surface area (Å²) in [6.45, 7) is 6.21. The third kappa shape index (κ3) is 3.45. The zero-order valence-corrected chi connectivity index (χ0v) is 14.4. The maximum absolute atomic E-state index is 13.3. The van der Waals surface area contributed by atoms with E-state index in [4.69, 9.17) is 10.7 Å². The number of benzene rings is 2. The van der Waals surface area contributed by atoms with Gasteiger partial charge in [-0.3, -0.25) is 4.79 Å². The number of halogens is 1. The van der Waals surface area contributed by atoms with E-state index in [1.165, 1.54) is 12.1 Å². The maximum Gasteiger partial charge on any atom is 0.248 e. The average Bonchev–Trinajstić information content (AvgIpc) is 3.01. The Morgan fingerprint density at radius 3 is 2.08 bits per heavy atom. The number of amides is 1. The number of H-pyrrole nitrogens is 1. The summed E-state index contributed by atoms with van der Waals surface area (Å²) in [5, 5.41) is 0. The topological polar surface area (TPSA) is 71.8 Å². The first-order chi connectivity index (χ1) is 11.8. The Labute approximate surface area is 145 Å². The van der Waals surface area contributed by atoms with Crippen molar-refractivity contribution < 1.29 is 9.18 Å². The van der Waals surface area contributed by atoms with E-state index in [0.29, 0.717) is 5.56 Å². The molecular weight excluding hydrogens is 317 g/mol. The lowest BCUT2D eigenvalue weighted by molar-refractivity contribution is 0.100. The summed E-state index contributed by atoms with van der Waals surface area (Å²) in [6, 6.07) is 13.3. The van der Waals surface area contributed by atoms with Gasteiger partial charge in [0.05, 0.1) is 11.4 Å². The monoisotopic (exact) mass is 337 g/mol. The Kier molecular flexibility index (Phi) is 4.17. The second kappa shape index (κ2) is 6.16. The van der Waals surface area contributed by atoms with E-state index in [2.05, 4.69) is 25.8 Å². The molecule has 0 bridgehead atoms. The molecule has 0 atom stereocenters. The highest BCUT2D eigenvalue weighted by atomic mass is 19.1. The Hall–Kier alpha value is -2.95. The van der Waals surface area contributed by atoms with Crippen LogP contribution in [0.15, 0.2) is 48.5 Å². The van der Waals surface area contributed by atoms with Crippen LogP contribution < -0.4 is 5.73 Å². The minimum absolute atomic E-state index is 0.166. The first kappa shape index (κ1) is 16.9. The fraction of sp³-hybridized carbons (Fsp3) is 0.200. The smallest absolute Gasteiger partial charge is 0.248 e. The molecule has 128 valence electrons. The van der Waals surface area contributed by atoms with Crippen LogP contribution >= 0.6 is 0 Å². The standard InChI is InChI=1S/C20H20FN3O/c1-20(2,3)19-23-16(12-4-6-14(7-5-12)18(22)25)17(24-19)13-8-10-15(21)11-9-13/h4-11H,1-3H3,(H2,22,25)(H,23,24). The van der Waals surface area contributed by atoms with Gasteiger partial charge in [0.15, 0.2) is 0 Å². The minimum atomic E-state index is -0.470. The van der Waals surface area contributed by atoms with Crippen molar-refractivity contribution in [3.8, 4) is 22.5 Å². The van der Waals surface area contributed by atoms with Gasteiger partial charge in [0.2, 0.25) is 5.91 Å². The van der Waals surface area contributed by atoms with E-state index in [1.807, 2.05) is 12.1 Å². The number of nitrogens with two attached hydrogens (primary N) is 1.